The molecule has 0 radical (unpaired) electrons. The van der Waals surface area contributed by atoms with Gasteiger partial charge < -0.3 is 30.6 Å². The first kappa shape index (κ1) is 23.8. The lowest BCUT2D eigenvalue weighted by Gasteiger charge is -2.43. The van der Waals surface area contributed by atoms with Crippen LogP contribution in [0.1, 0.15) is 44.9 Å². The van der Waals surface area contributed by atoms with Gasteiger partial charge in [-0.15, -0.1) is 0 Å². The van der Waals surface area contributed by atoms with Gasteiger partial charge in [0.05, 0.1) is 18.3 Å². The average molecular weight is 392 g/mol. The highest BCUT2D eigenvalue weighted by molar-refractivity contribution is 5.93. The fourth-order valence-electron chi connectivity index (χ4n) is 3.16. The first-order chi connectivity index (χ1) is 12.3. The van der Waals surface area contributed by atoms with E-state index in [-0.39, 0.29) is 0 Å². The minimum absolute atomic E-state index is 0.421. The molecule has 0 saturated carbocycles. The predicted octanol–water partition coefficient (Wildman–Crippen LogP) is 0.198. The van der Waals surface area contributed by atoms with Gasteiger partial charge in [-0.2, -0.15) is 0 Å². The van der Waals surface area contributed by atoms with Crippen LogP contribution in [0, 0.1) is 10.8 Å². The molecule has 152 valence electrons. The van der Waals surface area contributed by atoms with Crippen molar-refractivity contribution in [2.75, 3.05) is 0 Å². The van der Waals surface area contributed by atoms with Crippen LogP contribution < -0.4 is 0 Å². The standard InChI is InChI=1S/C15H20O12/c16-8(17)2-1-4-14(12(24)25,5-3-9(18)19)15(13(26)27,6-10(20)21)7-11(22)23/h1-7H2,(H,16,17)(H,18,19)(H,20,21)(H,22,23)(H,24,25)(H,26,27). The van der Waals surface area contributed by atoms with Crippen molar-refractivity contribution >= 4 is 35.8 Å². The molecule has 0 aliphatic heterocycles. The molecule has 0 amide bonds. The van der Waals surface area contributed by atoms with Crippen LogP contribution >= 0.6 is 0 Å². The van der Waals surface area contributed by atoms with E-state index in [0.29, 0.717) is 0 Å². The number of carbonyl (C=O) groups is 6. The van der Waals surface area contributed by atoms with E-state index in [4.69, 9.17) is 20.4 Å². The topological polar surface area (TPSA) is 224 Å². The third-order valence-electron chi connectivity index (χ3n) is 4.40. The number of carboxylic acid groups (broad SMARTS) is 6. The van der Waals surface area contributed by atoms with Gasteiger partial charge in [0.25, 0.3) is 0 Å². The first-order valence-electron chi connectivity index (χ1n) is 7.64. The van der Waals surface area contributed by atoms with Gasteiger partial charge in [0.1, 0.15) is 5.41 Å². The molecule has 0 rings (SSSR count). The molecule has 0 aromatic heterocycles. The summed E-state index contributed by atoms with van der Waals surface area (Å²) in [7, 11) is 0. The Hall–Kier alpha value is -3.18. The molecule has 0 fully saturated rings. The van der Waals surface area contributed by atoms with Crippen molar-refractivity contribution < 1.29 is 59.4 Å². The molecule has 1 atom stereocenters. The summed E-state index contributed by atoms with van der Waals surface area (Å²) in [6.45, 7) is 0. The highest BCUT2D eigenvalue weighted by Crippen LogP contribution is 2.52. The molecule has 12 nitrogen and oxygen atoms in total. The van der Waals surface area contributed by atoms with Crippen LogP contribution in [0.25, 0.3) is 0 Å². The molecular formula is C15H20O12. The van der Waals surface area contributed by atoms with Gasteiger partial charge in [-0.05, 0) is 19.3 Å². The molecule has 0 spiro atoms. The zero-order valence-corrected chi connectivity index (χ0v) is 14.1. The van der Waals surface area contributed by atoms with E-state index in [0.717, 1.165) is 0 Å². The van der Waals surface area contributed by atoms with E-state index in [1.54, 1.807) is 0 Å². The fraction of sp³-hybridized carbons (Fsp3) is 0.600. The minimum atomic E-state index is -2.88. The van der Waals surface area contributed by atoms with Gasteiger partial charge in [-0.25, -0.2) is 0 Å². The predicted molar refractivity (Wildman–Crippen MR) is 83.0 cm³/mol. The molecule has 1 unspecified atom stereocenters. The highest BCUT2D eigenvalue weighted by atomic mass is 16.4. The Balaban J connectivity index is 6.56. The summed E-state index contributed by atoms with van der Waals surface area (Å²) in [5.74, 6) is -10.4. The van der Waals surface area contributed by atoms with Gasteiger partial charge in [0, 0.05) is 12.8 Å². The van der Waals surface area contributed by atoms with Gasteiger partial charge in [0.15, 0.2) is 0 Å². The van der Waals surface area contributed by atoms with E-state index in [1.165, 1.54) is 0 Å². The molecule has 0 heterocycles. The monoisotopic (exact) mass is 392 g/mol. The smallest absolute Gasteiger partial charge is 0.312 e. The lowest BCUT2D eigenvalue weighted by atomic mass is 9.55. The maximum Gasteiger partial charge on any atom is 0.312 e. The van der Waals surface area contributed by atoms with Crippen LogP contribution in [0.5, 0.6) is 0 Å². The summed E-state index contributed by atoms with van der Waals surface area (Å²) in [6.07, 6.45) is -6.30. The fourth-order valence-corrected chi connectivity index (χ4v) is 3.16. The molecule has 27 heavy (non-hydrogen) atoms. The van der Waals surface area contributed by atoms with Gasteiger partial charge in [-0.3, -0.25) is 28.8 Å². The summed E-state index contributed by atoms with van der Waals surface area (Å²) in [5, 5.41) is 55.1. The minimum Gasteiger partial charge on any atom is -0.481 e. The van der Waals surface area contributed by atoms with Gasteiger partial charge >= 0.3 is 35.8 Å². The Kier molecular flexibility index (Phi) is 8.38. The Morgan fingerprint density at radius 1 is 0.519 bits per heavy atom. The number of carboxylic acids is 6. The maximum atomic E-state index is 12.0. The SMILES string of the molecule is O=C(O)CCCC(CCC(=O)O)(C(=O)O)C(CC(=O)O)(CC(=O)O)C(=O)O. The lowest BCUT2D eigenvalue weighted by molar-refractivity contribution is -0.184. The molecule has 0 bridgehead atoms. The van der Waals surface area contributed by atoms with E-state index in [9.17, 15) is 39.0 Å². The van der Waals surface area contributed by atoms with Crippen LogP contribution in [0.3, 0.4) is 0 Å². The van der Waals surface area contributed by atoms with Crippen LogP contribution in [0.15, 0.2) is 0 Å². The van der Waals surface area contributed by atoms with Crippen molar-refractivity contribution in [2.45, 2.75) is 44.9 Å². The third kappa shape index (κ3) is 5.94. The molecule has 0 aromatic rings. The van der Waals surface area contributed by atoms with Crippen LogP contribution in [0.4, 0.5) is 0 Å². The molecule has 0 aliphatic carbocycles. The van der Waals surface area contributed by atoms with Crippen molar-refractivity contribution in [3.05, 3.63) is 0 Å². The Bertz CT molecular complexity index is 621. The molecule has 0 aromatic carbocycles. The van der Waals surface area contributed by atoms with Gasteiger partial charge in [0.2, 0.25) is 0 Å². The zero-order chi connectivity index (χ0) is 21.4. The van der Waals surface area contributed by atoms with Gasteiger partial charge in [-0.1, -0.05) is 0 Å². The Morgan fingerprint density at radius 2 is 0.926 bits per heavy atom. The third-order valence-corrected chi connectivity index (χ3v) is 4.40. The number of aliphatic carboxylic acids is 6. The van der Waals surface area contributed by atoms with E-state index in [1.807, 2.05) is 0 Å². The summed E-state index contributed by atoms with van der Waals surface area (Å²) >= 11 is 0. The quantitative estimate of drug-likeness (QED) is 0.233. The largest absolute Gasteiger partial charge is 0.481 e. The maximum absolute atomic E-state index is 12.0. The second kappa shape index (κ2) is 9.50. The Labute approximate surface area is 152 Å². The van der Waals surface area contributed by atoms with E-state index >= 15 is 0 Å². The number of hydrogen-bond donors (Lipinski definition) is 6. The summed E-state index contributed by atoms with van der Waals surface area (Å²) in [4.78, 5) is 68.1. The second-order valence-electron chi connectivity index (χ2n) is 6.06. The van der Waals surface area contributed by atoms with E-state index < -0.39 is 91.6 Å². The molecule has 0 saturated heterocycles. The van der Waals surface area contributed by atoms with Crippen molar-refractivity contribution in [1.29, 1.82) is 0 Å². The van der Waals surface area contributed by atoms with E-state index in [2.05, 4.69) is 0 Å². The van der Waals surface area contributed by atoms with Crippen molar-refractivity contribution in [3.63, 3.8) is 0 Å². The van der Waals surface area contributed by atoms with Crippen molar-refractivity contribution in [2.24, 2.45) is 10.8 Å². The lowest BCUT2D eigenvalue weighted by Crippen LogP contribution is -2.55. The second-order valence-corrected chi connectivity index (χ2v) is 6.06. The van der Waals surface area contributed by atoms with Crippen LogP contribution in [-0.2, 0) is 28.8 Å². The molecule has 6 N–H and O–H groups in total. The van der Waals surface area contributed by atoms with Crippen LogP contribution in [0.2, 0.25) is 0 Å². The molecule has 12 heteroatoms. The molecule has 0 aliphatic rings. The summed E-state index contributed by atoms with van der Waals surface area (Å²) < 4.78 is 0. The average Bonchev–Trinajstić information content (AvgIpc) is 2.47. The zero-order valence-electron chi connectivity index (χ0n) is 14.1. The Morgan fingerprint density at radius 3 is 1.22 bits per heavy atom. The van der Waals surface area contributed by atoms with Crippen molar-refractivity contribution in [3.8, 4) is 0 Å². The number of rotatable bonds is 14. The highest BCUT2D eigenvalue weighted by Gasteiger charge is 2.62. The number of hydrogen-bond acceptors (Lipinski definition) is 6. The molecular weight excluding hydrogens is 372 g/mol. The van der Waals surface area contributed by atoms with Crippen molar-refractivity contribution in [1.82, 2.24) is 0 Å². The first-order valence-corrected chi connectivity index (χ1v) is 7.64. The normalized spacial score (nSPS) is 13.3. The summed E-state index contributed by atoms with van der Waals surface area (Å²) in [6, 6.07) is 0. The van der Waals surface area contributed by atoms with Crippen LogP contribution in [-0.4, -0.2) is 66.5 Å². The summed E-state index contributed by atoms with van der Waals surface area (Å²) in [5.41, 5.74) is -5.51.